The van der Waals surface area contributed by atoms with Crippen LogP contribution in [0.4, 0.5) is 0 Å². The Balaban J connectivity index is 3.34. The maximum atomic E-state index is 12.5. The zero-order valence-corrected chi connectivity index (χ0v) is 12.5. The summed E-state index contributed by atoms with van der Waals surface area (Å²) in [5, 5.41) is 9.13. The molecule has 0 atom stereocenters. The second kappa shape index (κ2) is 5.90. The van der Waals surface area contributed by atoms with E-state index in [0.717, 1.165) is 4.31 Å². The van der Waals surface area contributed by atoms with Gasteiger partial charge in [0, 0.05) is 11.1 Å². The van der Waals surface area contributed by atoms with Gasteiger partial charge in [-0.1, -0.05) is 17.7 Å². The molecule has 0 saturated heterocycles. The summed E-state index contributed by atoms with van der Waals surface area (Å²) in [4.78, 5) is 10.8. The highest BCUT2D eigenvalue weighted by atomic mass is 35.5. The fourth-order valence-corrected chi connectivity index (χ4v) is 3.73. The van der Waals surface area contributed by atoms with Crippen LogP contribution in [0.3, 0.4) is 0 Å². The van der Waals surface area contributed by atoms with E-state index in [1.165, 1.54) is 6.07 Å². The van der Waals surface area contributed by atoms with Crippen LogP contribution in [0, 0.1) is 6.92 Å². The first-order chi connectivity index (χ1) is 8.66. The summed E-state index contributed by atoms with van der Waals surface area (Å²) < 4.78 is 25.9. The second-order valence-electron chi connectivity index (χ2n) is 4.45. The van der Waals surface area contributed by atoms with Crippen molar-refractivity contribution in [3.8, 4) is 0 Å². The molecule has 1 aromatic rings. The molecule has 0 bridgehead atoms. The van der Waals surface area contributed by atoms with Crippen LogP contribution >= 0.6 is 11.6 Å². The number of aliphatic carboxylic acids is 1. The topological polar surface area (TPSA) is 74.7 Å². The van der Waals surface area contributed by atoms with Gasteiger partial charge in [0.05, 0.1) is 4.90 Å². The van der Waals surface area contributed by atoms with Crippen molar-refractivity contribution in [3.63, 3.8) is 0 Å². The van der Waals surface area contributed by atoms with E-state index in [-0.39, 0.29) is 4.90 Å². The maximum Gasteiger partial charge on any atom is 0.318 e. The lowest BCUT2D eigenvalue weighted by molar-refractivity contribution is -0.137. The Kier molecular flexibility index (Phi) is 4.95. The van der Waals surface area contributed by atoms with Crippen molar-refractivity contribution in [3.05, 3.63) is 28.8 Å². The monoisotopic (exact) mass is 305 g/mol. The smallest absolute Gasteiger partial charge is 0.318 e. The summed E-state index contributed by atoms with van der Waals surface area (Å²) in [6.07, 6.45) is 0. The van der Waals surface area contributed by atoms with E-state index in [1.54, 1.807) is 32.9 Å². The van der Waals surface area contributed by atoms with Crippen LogP contribution in [0.25, 0.3) is 0 Å². The lowest BCUT2D eigenvalue weighted by Gasteiger charge is -2.25. The van der Waals surface area contributed by atoms with Gasteiger partial charge in [-0.3, -0.25) is 4.79 Å². The van der Waals surface area contributed by atoms with Crippen molar-refractivity contribution >= 4 is 27.6 Å². The van der Waals surface area contributed by atoms with Gasteiger partial charge >= 0.3 is 5.97 Å². The number of sulfonamides is 1. The SMILES string of the molecule is Cc1ccc(Cl)cc1S(=O)(=O)N(CC(=O)O)C(C)C. The Labute approximate surface area is 117 Å². The maximum absolute atomic E-state index is 12.5. The predicted molar refractivity (Wildman–Crippen MR) is 72.9 cm³/mol. The van der Waals surface area contributed by atoms with Crippen LogP contribution in [0.15, 0.2) is 23.1 Å². The highest BCUT2D eigenvalue weighted by molar-refractivity contribution is 7.89. The lowest BCUT2D eigenvalue weighted by atomic mass is 10.2. The summed E-state index contributed by atoms with van der Waals surface area (Å²) in [7, 11) is -3.88. The molecule has 1 aromatic carbocycles. The largest absolute Gasteiger partial charge is 0.480 e. The van der Waals surface area contributed by atoms with Crippen molar-refractivity contribution in [1.82, 2.24) is 4.31 Å². The van der Waals surface area contributed by atoms with Gasteiger partial charge in [-0.05, 0) is 38.5 Å². The third-order valence-corrected chi connectivity index (χ3v) is 5.00. The molecule has 0 aliphatic rings. The van der Waals surface area contributed by atoms with Crippen LogP contribution < -0.4 is 0 Å². The highest BCUT2D eigenvalue weighted by Crippen LogP contribution is 2.24. The zero-order chi connectivity index (χ0) is 14.8. The minimum absolute atomic E-state index is 0.0370. The molecule has 0 radical (unpaired) electrons. The third kappa shape index (κ3) is 3.68. The van der Waals surface area contributed by atoms with Crippen molar-refractivity contribution in [1.29, 1.82) is 0 Å². The van der Waals surface area contributed by atoms with Crippen molar-refractivity contribution in [2.24, 2.45) is 0 Å². The number of nitrogens with zero attached hydrogens (tertiary/aromatic N) is 1. The van der Waals surface area contributed by atoms with Crippen LogP contribution in [0.1, 0.15) is 19.4 Å². The highest BCUT2D eigenvalue weighted by Gasteiger charge is 2.30. The molecule has 0 aliphatic carbocycles. The first-order valence-corrected chi connectivity index (χ1v) is 7.48. The van der Waals surface area contributed by atoms with E-state index in [4.69, 9.17) is 16.7 Å². The predicted octanol–water partition coefficient (Wildman–Crippen LogP) is 2.13. The summed E-state index contributed by atoms with van der Waals surface area (Å²) in [6.45, 7) is 4.31. The molecule has 19 heavy (non-hydrogen) atoms. The Bertz CT molecular complexity index is 583. The number of hydrogen-bond donors (Lipinski definition) is 1. The van der Waals surface area contributed by atoms with Gasteiger partial charge in [0.25, 0.3) is 0 Å². The molecular formula is C12H16ClNO4S. The van der Waals surface area contributed by atoms with Crippen LogP contribution in [-0.4, -0.2) is 36.4 Å². The summed E-state index contributed by atoms with van der Waals surface area (Å²) in [6, 6.07) is 4.06. The van der Waals surface area contributed by atoms with E-state index in [9.17, 15) is 13.2 Å². The summed E-state index contributed by atoms with van der Waals surface area (Å²) >= 11 is 5.81. The molecule has 0 heterocycles. The Hall–Kier alpha value is -1.11. The molecule has 0 unspecified atom stereocenters. The summed E-state index contributed by atoms with van der Waals surface area (Å²) in [5.74, 6) is -1.20. The van der Waals surface area contributed by atoms with Gasteiger partial charge in [-0.25, -0.2) is 8.42 Å². The normalized spacial score (nSPS) is 12.1. The first kappa shape index (κ1) is 15.9. The van der Waals surface area contributed by atoms with Crippen LogP contribution in [0.5, 0.6) is 0 Å². The van der Waals surface area contributed by atoms with E-state index in [2.05, 4.69) is 0 Å². The van der Waals surface area contributed by atoms with Crippen LogP contribution in [-0.2, 0) is 14.8 Å². The average molecular weight is 306 g/mol. The van der Waals surface area contributed by atoms with E-state index in [1.807, 2.05) is 0 Å². The van der Waals surface area contributed by atoms with Gasteiger partial charge in [-0.2, -0.15) is 4.31 Å². The quantitative estimate of drug-likeness (QED) is 0.904. The van der Waals surface area contributed by atoms with Crippen LogP contribution in [0.2, 0.25) is 5.02 Å². The van der Waals surface area contributed by atoms with E-state index < -0.39 is 28.6 Å². The summed E-state index contributed by atoms with van der Waals surface area (Å²) in [5.41, 5.74) is 0.528. The Morgan fingerprint density at radius 3 is 2.47 bits per heavy atom. The van der Waals surface area contributed by atoms with Gasteiger partial charge in [0.2, 0.25) is 10.0 Å². The molecule has 1 N–H and O–H groups in total. The van der Waals surface area contributed by atoms with E-state index >= 15 is 0 Å². The van der Waals surface area contributed by atoms with Crippen molar-refractivity contribution in [2.75, 3.05) is 6.54 Å². The van der Waals surface area contributed by atoms with Crippen molar-refractivity contribution < 1.29 is 18.3 Å². The molecule has 0 spiro atoms. The number of hydrogen-bond acceptors (Lipinski definition) is 3. The molecule has 106 valence electrons. The number of aryl methyl sites for hydroxylation is 1. The van der Waals surface area contributed by atoms with Gasteiger partial charge in [0.1, 0.15) is 6.54 Å². The Morgan fingerprint density at radius 2 is 2.00 bits per heavy atom. The molecule has 0 saturated carbocycles. The number of carbonyl (C=O) groups is 1. The molecule has 0 aliphatic heterocycles. The molecular weight excluding hydrogens is 290 g/mol. The number of carboxylic acids is 1. The number of rotatable bonds is 5. The fourth-order valence-electron chi connectivity index (χ4n) is 1.66. The van der Waals surface area contributed by atoms with E-state index in [0.29, 0.717) is 10.6 Å². The minimum atomic E-state index is -3.88. The molecule has 5 nitrogen and oxygen atoms in total. The standard InChI is InChI=1S/C12H16ClNO4S/c1-8(2)14(7-12(15)16)19(17,18)11-6-10(13)5-4-9(11)3/h4-6,8H,7H2,1-3H3,(H,15,16). The van der Waals surface area contributed by atoms with Crippen molar-refractivity contribution in [2.45, 2.75) is 31.7 Å². The Morgan fingerprint density at radius 1 is 1.42 bits per heavy atom. The molecule has 1 rings (SSSR count). The number of carboxylic acid groups (broad SMARTS) is 1. The number of benzene rings is 1. The molecule has 0 fully saturated rings. The second-order valence-corrected chi connectivity index (χ2v) is 6.74. The first-order valence-electron chi connectivity index (χ1n) is 5.66. The third-order valence-electron chi connectivity index (χ3n) is 2.60. The molecule has 0 aromatic heterocycles. The lowest BCUT2D eigenvalue weighted by Crippen LogP contribution is -2.40. The molecule has 7 heteroatoms. The fraction of sp³-hybridized carbons (Fsp3) is 0.417. The minimum Gasteiger partial charge on any atom is -0.480 e. The van der Waals surface area contributed by atoms with Gasteiger partial charge in [0.15, 0.2) is 0 Å². The van der Waals surface area contributed by atoms with Gasteiger partial charge < -0.3 is 5.11 Å². The van der Waals surface area contributed by atoms with Gasteiger partial charge in [-0.15, -0.1) is 0 Å². The average Bonchev–Trinajstić information content (AvgIpc) is 2.28. The zero-order valence-electron chi connectivity index (χ0n) is 10.9. The number of halogens is 1. The molecule has 0 amide bonds.